The minimum Gasteiger partial charge on any atom is -0.808 e. The van der Waals surface area contributed by atoms with E-state index in [4.69, 9.17) is 11.5 Å². The Morgan fingerprint density at radius 3 is 2.46 bits per heavy atom. The Kier molecular flexibility index (Phi) is 10.8. The number of carbonyl (C=O) groups excluding carboxylic acids is 1. The number of allylic oxidation sites excluding steroid dienone is 1. The zero-order chi connectivity index (χ0) is 16.9. The molecule has 11 heteroatoms. The lowest BCUT2D eigenvalue weighted by Crippen LogP contribution is -2.45. The van der Waals surface area contributed by atoms with Gasteiger partial charge in [0.25, 0.3) is 0 Å². The Balaban J connectivity index is 0. The lowest BCUT2D eigenvalue weighted by Gasteiger charge is -2.40. The monoisotopic (exact) mass is 366 g/mol. The van der Waals surface area contributed by atoms with Crippen LogP contribution in [0.1, 0.15) is 39.5 Å². The topological polar surface area (TPSA) is 230 Å². The van der Waals surface area contributed by atoms with Crippen LogP contribution >= 0.6 is 7.60 Å². The molecule has 0 aromatic rings. The largest absolute Gasteiger partial charge is 0.808 e. The van der Waals surface area contributed by atoms with E-state index in [2.05, 4.69) is 10.3 Å². The van der Waals surface area contributed by atoms with Gasteiger partial charge < -0.3 is 43.4 Å². The van der Waals surface area contributed by atoms with Crippen molar-refractivity contribution in [2.45, 2.75) is 51.6 Å². The minimum atomic E-state index is -4.80. The first kappa shape index (κ1) is 24.8. The molecule has 0 spiro atoms. The second-order valence-corrected chi connectivity index (χ2v) is 7.08. The molecule has 13 N–H and O–H groups in total. The van der Waals surface area contributed by atoms with Crippen LogP contribution in [0.25, 0.3) is 0 Å². The zero-order valence-electron chi connectivity index (χ0n) is 14.8. The van der Waals surface area contributed by atoms with Gasteiger partial charge in [0, 0.05) is 18.9 Å². The standard InChI is InChI=1S/C13H25N4O4P.2H3N/c1-3-4-11(16-8(2)18)10-6-5-9(22(19,20)21)7-12(10)17-13(14)15;;/h5,10-12H,3-4,6-7H2,1-2H3,(H,16,18)(H4,14,15,17)(H2,19,20,21);2*1H3/t10-,11+,12+;;/m1../s1. The molecule has 0 unspecified atom stereocenters. The van der Waals surface area contributed by atoms with Gasteiger partial charge in [0.1, 0.15) is 0 Å². The molecule has 0 bridgehead atoms. The van der Waals surface area contributed by atoms with Gasteiger partial charge in [-0.05, 0) is 32.2 Å². The molecule has 1 aliphatic carbocycles. The highest BCUT2D eigenvalue weighted by atomic mass is 31.2. The number of aliphatic imine (C=N–C) groups is 1. The van der Waals surface area contributed by atoms with Crippen LogP contribution in [0.15, 0.2) is 16.4 Å². The van der Waals surface area contributed by atoms with Crippen molar-refractivity contribution in [3.63, 3.8) is 0 Å². The first-order valence-corrected chi connectivity index (χ1v) is 8.76. The molecule has 1 rings (SSSR count). The maximum Gasteiger partial charge on any atom is 0.217 e. The number of hydrogen-bond acceptors (Lipinski definition) is 5. The Morgan fingerprint density at radius 1 is 1.46 bits per heavy atom. The van der Waals surface area contributed by atoms with Crippen molar-refractivity contribution in [2.24, 2.45) is 22.4 Å². The fourth-order valence-electron chi connectivity index (χ4n) is 2.83. The van der Waals surface area contributed by atoms with Gasteiger partial charge in [-0.1, -0.05) is 19.4 Å². The fraction of sp³-hybridized carbons (Fsp3) is 0.692. The summed E-state index contributed by atoms with van der Waals surface area (Å²) >= 11 is 0. The summed E-state index contributed by atoms with van der Waals surface area (Å²) in [6.07, 6.45) is 3.28. The summed E-state index contributed by atoms with van der Waals surface area (Å²) < 4.78 is 11.2. The normalized spacial score (nSPS) is 21.4. The molecule has 10 nitrogen and oxygen atoms in total. The molecule has 0 saturated carbocycles. The van der Waals surface area contributed by atoms with Gasteiger partial charge in [-0.15, -0.1) is 0 Å². The van der Waals surface area contributed by atoms with E-state index in [0.717, 1.165) is 12.8 Å². The molecular weight excluding hydrogens is 335 g/mol. The molecule has 0 saturated heterocycles. The Hall–Kier alpha value is -1.45. The van der Waals surface area contributed by atoms with Crippen LogP contribution < -0.4 is 38.9 Å². The summed E-state index contributed by atoms with van der Waals surface area (Å²) in [6, 6.07) is -0.712. The Labute approximate surface area is 142 Å². The van der Waals surface area contributed by atoms with E-state index in [1.54, 1.807) is 0 Å². The van der Waals surface area contributed by atoms with Crippen LogP contribution in [0.3, 0.4) is 0 Å². The zero-order valence-corrected chi connectivity index (χ0v) is 15.7. The Morgan fingerprint density at radius 2 is 2.04 bits per heavy atom. The number of quaternary nitrogens is 2. The smallest absolute Gasteiger partial charge is 0.217 e. The number of nitrogens with one attached hydrogen (secondary N) is 1. The molecule has 0 aromatic heterocycles. The van der Waals surface area contributed by atoms with Crippen molar-refractivity contribution >= 4 is 19.5 Å². The highest BCUT2D eigenvalue weighted by Crippen LogP contribution is 2.44. The van der Waals surface area contributed by atoms with Gasteiger partial charge in [0.15, 0.2) is 5.96 Å². The Bertz CT molecular complexity index is 515. The van der Waals surface area contributed by atoms with Crippen LogP contribution in [-0.4, -0.2) is 24.0 Å². The van der Waals surface area contributed by atoms with Crippen molar-refractivity contribution < 1.29 is 19.1 Å². The highest BCUT2D eigenvalue weighted by molar-refractivity contribution is 7.53. The number of carbonyl (C=O) groups is 1. The van der Waals surface area contributed by atoms with E-state index < -0.39 is 13.6 Å². The van der Waals surface area contributed by atoms with Crippen molar-refractivity contribution in [3.05, 3.63) is 11.4 Å². The molecule has 0 aromatic carbocycles. The van der Waals surface area contributed by atoms with E-state index in [-0.39, 0.29) is 47.9 Å². The average molecular weight is 366 g/mol. The summed E-state index contributed by atoms with van der Waals surface area (Å²) in [6.45, 7) is 3.41. The van der Waals surface area contributed by atoms with E-state index >= 15 is 0 Å². The summed E-state index contributed by atoms with van der Waals surface area (Å²) in [5.74, 6) is -0.489. The maximum absolute atomic E-state index is 11.4. The molecule has 1 aliphatic rings. The third-order valence-corrected chi connectivity index (χ3v) is 4.78. The highest BCUT2D eigenvalue weighted by Gasteiger charge is 2.33. The molecule has 0 fully saturated rings. The van der Waals surface area contributed by atoms with Crippen LogP contribution in [0, 0.1) is 5.92 Å². The van der Waals surface area contributed by atoms with Crippen molar-refractivity contribution in [1.29, 1.82) is 0 Å². The van der Waals surface area contributed by atoms with Crippen LogP contribution in [0.5, 0.6) is 0 Å². The predicted molar refractivity (Wildman–Crippen MR) is 92.5 cm³/mol. The summed E-state index contributed by atoms with van der Waals surface area (Å²) in [4.78, 5) is 37.9. The van der Waals surface area contributed by atoms with Crippen LogP contribution in [0.2, 0.25) is 0 Å². The van der Waals surface area contributed by atoms with Gasteiger partial charge in [0.05, 0.1) is 6.04 Å². The third kappa shape index (κ3) is 7.41. The maximum atomic E-state index is 11.4. The van der Waals surface area contributed by atoms with E-state index in [9.17, 15) is 19.1 Å². The summed E-state index contributed by atoms with van der Waals surface area (Å²) in [5.41, 5.74) is 10.8. The quantitative estimate of drug-likeness (QED) is 0.244. The number of amides is 1. The third-order valence-electron chi connectivity index (χ3n) is 3.71. The predicted octanol–water partition coefficient (Wildman–Crippen LogP) is -0.107. The van der Waals surface area contributed by atoms with E-state index in [1.807, 2.05) is 6.92 Å². The molecular formula is C13H31N6O4P. The average Bonchev–Trinajstić information content (AvgIpc) is 2.36. The van der Waals surface area contributed by atoms with E-state index in [0.29, 0.717) is 6.42 Å². The molecule has 24 heavy (non-hydrogen) atoms. The van der Waals surface area contributed by atoms with Gasteiger partial charge in [-0.3, -0.25) is 4.79 Å². The van der Waals surface area contributed by atoms with Gasteiger partial charge in [-0.25, -0.2) is 4.99 Å². The number of nitrogens with two attached hydrogens (primary N) is 2. The molecule has 0 radical (unpaired) electrons. The first-order valence-electron chi connectivity index (χ1n) is 7.22. The minimum absolute atomic E-state index is 0. The first-order chi connectivity index (χ1) is 10.1. The van der Waals surface area contributed by atoms with Gasteiger partial charge in [-0.2, -0.15) is 0 Å². The second kappa shape index (κ2) is 10.4. The molecule has 142 valence electrons. The molecule has 0 heterocycles. The number of hydrogen-bond donors (Lipinski definition) is 5. The molecule has 1 amide bonds. The number of nitrogens with zero attached hydrogens (tertiary/aromatic N) is 1. The van der Waals surface area contributed by atoms with Crippen molar-refractivity contribution in [1.82, 2.24) is 17.6 Å². The summed E-state index contributed by atoms with van der Waals surface area (Å²) in [7, 11) is -4.80. The number of guanidine groups is 1. The fourth-order valence-corrected chi connectivity index (χ4v) is 3.57. The lowest BCUT2D eigenvalue weighted by atomic mass is 9.81. The molecule has 0 aliphatic heterocycles. The summed E-state index contributed by atoms with van der Waals surface area (Å²) in [5, 5.41) is 2.69. The van der Waals surface area contributed by atoms with Crippen LogP contribution in [-0.2, 0) is 9.36 Å². The lowest BCUT2D eigenvalue weighted by molar-refractivity contribution is -0.310. The van der Waals surface area contributed by atoms with E-state index in [1.165, 1.54) is 13.0 Å². The van der Waals surface area contributed by atoms with Crippen LogP contribution in [0.4, 0.5) is 0 Å². The van der Waals surface area contributed by atoms with Crippen molar-refractivity contribution in [2.75, 3.05) is 0 Å². The van der Waals surface area contributed by atoms with Crippen molar-refractivity contribution in [3.8, 4) is 0 Å². The second-order valence-electron chi connectivity index (χ2n) is 5.51. The van der Waals surface area contributed by atoms with Gasteiger partial charge >= 0.3 is 0 Å². The SMILES string of the molecule is CCC[C@H](NC(C)=O)[C@H]1CC=C(P(=O)([O-])[O-])C[C@@H]1N=C(N)N.[NH4+].[NH4+]. The van der Waals surface area contributed by atoms with Gasteiger partial charge in [0.2, 0.25) is 5.91 Å². The molecule has 3 atom stereocenters. The number of rotatable bonds is 6.